The molecule has 2 aliphatic rings. The van der Waals surface area contributed by atoms with E-state index in [4.69, 9.17) is 0 Å². The molecule has 19 heavy (non-hydrogen) atoms. The second-order valence-electron chi connectivity index (χ2n) is 5.43. The molecule has 1 aromatic rings. The van der Waals surface area contributed by atoms with Crippen molar-refractivity contribution in [3.8, 4) is 0 Å². The van der Waals surface area contributed by atoms with E-state index in [0.717, 1.165) is 43.9 Å². The molecule has 0 spiro atoms. The molecule has 1 aliphatic carbocycles. The van der Waals surface area contributed by atoms with E-state index in [1.807, 2.05) is 22.4 Å². The molecule has 1 saturated heterocycles. The molecule has 104 valence electrons. The maximum Gasteiger partial charge on any atom is 0.225 e. The molecule has 1 N–H and O–H groups in total. The van der Waals surface area contributed by atoms with E-state index < -0.39 is 6.10 Å². The molecule has 2 heterocycles. The molecular formula is C14H20N2O2S. The number of hydrogen-bond acceptors (Lipinski definition) is 4. The summed E-state index contributed by atoms with van der Waals surface area (Å²) in [6.45, 7) is 4.05. The fourth-order valence-electron chi connectivity index (χ4n) is 2.55. The highest BCUT2D eigenvalue weighted by Gasteiger charge is 2.34. The van der Waals surface area contributed by atoms with Gasteiger partial charge >= 0.3 is 0 Å². The SMILES string of the molecule is O=C(C1CC1)N1CCN(C[C@H](O)c2cccs2)CC1. The van der Waals surface area contributed by atoms with Gasteiger partial charge in [-0.1, -0.05) is 6.07 Å². The predicted octanol–water partition coefficient (Wildman–Crippen LogP) is 1.34. The van der Waals surface area contributed by atoms with Crippen molar-refractivity contribution in [2.24, 2.45) is 5.92 Å². The van der Waals surface area contributed by atoms with Crippen molar-refractivity contribution in [1.82, 2.24) is 9.80 Å². The topological polar surface area (TPSA) is 43.8 Å². The summed E-state index contributed by atoms with van der Waals surface area (Å²) in [6.07, 6.45) is 1.76. The van der Waals surface area contributed by atoms with Gasteiger partial charge in [0.1, 0.15) is 6.10 Å². The summed E-state index contributed by atoms with van der Waals surface area (Å²) >= 11 is 1.60. The van der Waals surface area contributed by atoms with Gasteiger partial charge in [-0.05, 0) is 24.3 Å². The van der Waals surface area contributed by atoms with Crippen molar-refractivity contribution in [3.05, 3.63) is 22.4 Å². The van der Waals surface area contributed by atoms with E-state index in [9.17, 15) is 9.90 Å². The summed E-state index contributed by atoms with van der Waals surface area (Å²) in [5.74, 6) is 0.668. The van der Waals surface area contributed by atoms with Gasteiger partial charge in [-0.3, -0.25) is 9.69 Å². The van der Waals surface area contributed by atoms with Gasteiger partial charge in [0.15, 0.2) is 0 Å². The number of piperazine rings is 1. The Balaban J connectivity index is 1.46. The Kier molecular flexibility index (Phi) is 3.86. The number of amides is 1. The Bertz CT molecular complexity index is 423. The second-order valence-corrected chi connectivity index (χ2v) is 6.41. The first kappa shape index (κ1) is 13.1. The first-order valence-electron chi connectivity index (χ1n) is 6.96. The summed E-state index contributed by atoms with van der Waals surface area (Å²) in [5.41, 5.74) is 0. The Labute approximate surface area is 117 Å². The Morgan fingerprint density at radius 1 is 1.37 bits per heavy atom. The number of aliphatic hydroxyl groups is 1. The summed E-state index contributed by atoms with van der Waals surface area (Å²) in [6, 6.07) is 3.94. The van der Waals surface area contributed by atoms with Gasteiger partial charge in [-0.15, -0.1) is 11.3 Å². The van der Waals surface area contributed by atoms with Crippen molar-refractivity contribution in [2.75, 3.05) is 32.7 Å². The number of carbonyl (C=O) groups is 1. The quantitative estimate of drug-likeness (QED) is 0.905. The van der Waals surface area contributed by atoms with Gasteiger partial charge < -0.3 is 10.0 Å². The largest absolute Gasteiger partial charge is 0.386 e. The minimum absolute atomic E-state index is 0.322. The van der Waals surface area contributed by atoms with Crippen LogP contribution in [0.5, 0.6) is 0 Å². The van der Waals surface area contributed by atoms with Gasteiger partial charge in [0, 0.05) is 43.5 Å². The maximum atomic E-state index is 11.9. The van der Waals surface area contributed by atoms with Crippen molar-refractivity contribution in [1.29, 1.82) is 0 Å². The number of nitrogens with zero attached hydrogens (tertiary/aromatic N) is 2. The lowest BCUT2D eigenvalue weighted by Gasteiger charge is -2.35. The highest BCUT2D eigenvalue weighted by atomic mass is 32.1. The smallest absolute Gasteiger partial charge is 0.225 e. The van der Waals surface area contributed by atoms with Gasteiger partial charge in [0.2, 0.25) is 5.91 Å². The van der Waals surface area contributed by atoms with E-state index >= 15 is 0 Å². The van der Waals surface area contributed by atoms with E-state index in [1.54, 1.807) is 11.3 Å². The zero-order valence-electron chi connectivity index (χ0n) is 11.0. The monoisotopic (exact) mass is 280 g/mol. The fourth-order valence-corrected chi connectivity index (χ4v) is 3.26. The number of rotatable bonds is 4. The van der Waals surface area contributed by atoms with Crippen LogP contribution < -0.4 is 0 Å². The molecule has 4 nitrogen and oxygen atoms in total. The van der Waals surface area contributed by atoms with Crippen molar-refractivity contribution < 1.29 is 9.90 Å². The van der Waals surface area contributed by atoms with Gasteiger partial charge in [-0.2, -0.15) is 0 Å². The fraction of sp³-hybridized carbons (Fsp3) is 0.643. The van der Waals surface area contributed by atoms with Crippen LogP contribution in [-0.4, -0.2) is 53.5 Å². The van der Waals surface area contributed by atoms with E-state index in [0.29, 0.717) is 18.4 Å². The van der Waals surface area contributed by atoms with Crippen LogP contribution in [0.15, 0.2) is 17.5 Å². The number of hydrogen-bond donors (Lipinski definition) is 1. The average Bonchev–Trinajstić information content (AvgIpc) is 3.13. The number of thiophene rings is 1. The zero-order chi connectivity index (χ0) is 13.2. The van der Waals surface area contributed by atoms with Gasteiger partial charge in [-0.25, -0.2) is 0 Å². The van der Waals surface area contributed by atoms with Gasteiger partial charge in [0.05, 0.1) is 0 Å². The van der Waals surface area contributed by atoms with Gasteiger partial charge in [0.25, 0.3) is 0 Å². The van der Waals surface area contributed by atoms with Crippen molar-refractivity contribution >= 4 is 17.2 Å². The molecule has 1 saturated carbocycles. The molecule has 1 aromatic heterocycles. The summed E-state index contributed by atoms with van der Waals surface area (Å²) in [4.78, 5) is 17.2. The normalized spacial score (nSPS) is 22.5. The zero-order valence-corrected chi connectivity index (χ0v) is 11.8. The van der Waals surface area contributed by atoms with Crippen LogP contribution in [0.3, 0.4) is 0 Å². The lowest BCUT2D eigenvalue weighted by molar-refractivity contribution is -0.134. The third-order valence-electron chi connectivity index (χ3n) is 3.91. The van der Waals surface area contributed by atoms with Crippen molar-refractivity contribution in [3.63, 3.8) is 0 Å². The number of β-amino-alcohol motifs (C(OH)–C–C–N with tert-alkyl or cyclic N) is 1. The van der Waals surface area contributed by atoms with Crippen molar-refractivity contribution in [2.45, 2.75) is 18.9 Å². The molecule has 0 unspecified atom stereocenters. The molecular weight excluding hydrogens is 260 g/mol. The van der Waals surface area contributed by atoms with Crippen LogP contribution >= 0.6 is 11.3 Å². The average molecular weight is 280 g/mol. The molecule has 0 radical (unpaired) electrons. The third kappa shape index (κ3) is 3.16. The van der Waals surface area contributed by atoms with E-state index in [-0.39, 0.29) is 0 Å². The predicted molar refractivity (Wildman–Crippen MR) is 75.0 cm³/mol. The first-order valence-corrected chi connectivity index (χ1v) is 7.84. The third-order valence-corrected chi connectivity index (χ3v) is 4.89. The summed E-state index contributed by atoms with van der Waals surface area (Å²) < 4.78 is 0. The molecule has 3 rings (SSSR count). The molecule has 1 atom stereocenters. The maximum absolute atomic E-state index is 11.9. The Hall–Kier alpha value is -0.910. The van der Waals surface area contributed by atoms with E-state index in [2.05, 4.69) is 4.90 Å². The van der Waals surface area contributed by atoms with E-state index in [1.165, 1.54) is 0 Å². The standard InChI is InChI=1S/C14H20N2O2S/c17-12(13-2-1-9-19-13)10-15-5-7-16(8-6-15)14(18)11-3-4-11/h1-2,9,11-12,17H,3-8,10H2/t12-/m0/s1. The molecule has 1 amide bonds. The minimum atomic E-state index is -0.398. The van der Waals surface area contributed by atoms with Crippen LogP contribution in [0.25, 0.3) is 0 Å². The second kappa shape index (κ2) is 5.61. The molecule has 0 bridgehead atoms. The highest BCUT2D eigenvalue weighted by molar-refractivity contribution is 7.10. The van der Waals surface area contributed by atoms with Crippen LogP contribution in [0.2, 0.25) is 0 Å². The van der Waals surface area contributed by atoms with Crippen LogP contribution in [-0.2, 0) is 4.79 Å². The first-order chi connectivity index (χ1) is 9.24. The number of carbonyl (C=O) groups excluding carboxylic acids is 1. The van der Waals surface area contributed by atoms with Crippen LogP contribution in [0.1, 0.15) is 23.8 Å². The lowest BCUT2D eigenvalue weighted by Crippen LogP contribution is -2.50. The highest BCUT2D eigenvalue weighted by Crippen LogP contribution is 2.31. The number of aliphatic hydroxyl groups excluding tert-OH is 1. The summed E-state index contributed by atoms with van der Waals surface area (Å²) in [5, 5.41) is 12.1. The van der Waals surface area contributed by atoms with Crippen LogP contribution in [0.4, 0.5) is 0 Å². The lowest BCUT2D eigenvalue weighted by atomic mass is 10.2. The minimum Gasteiger partial charge on any atom is -0.386 e. The van der Waals surface area contributed by atoms with Crippen LogP contribution in [0, 0.1) is 5.92 Å². The molecule has 0 aromatic carbocycles. The summed E-state index contributed by atoms with van der Waals surface area (Å²) in [7, 11) is 0. The molecule has 2 fully saturated rings. The Morgan fingerprint density at radius 2 is 2.11 bits per heavy atom. The molecule has 1 aliphatic heterocycles. The molecule has 5 heteroatoms. The Morgan fingerprint density at radius 3 is 2.68 bits per heavy atom.